The second kappa shape index (κ2) is 5.25. The zero-order valence-electron chi connectivity index (χ0n) is 12.9. The molecule has 1 heteroatoms. The van der Waals surface area contributed by atoms with Crippen molar-refractivity contribution in [2.75, 3.05) is 0 Å². The summed E-state index contributed by atoms with van der Waals surface area (Å²) in [7, 11) is 0. The minimum Gasteiger partial charge on any atom is -0.316 e. The highest BCUT2D eigenvalue weighted by Crippen LogP contribution is 2.27. The molecule has 0 unspecified atom stereocenters. The van der Waals surface area contributed by atoms with E-state index in [2.05, 4.69) is 98.3 Å². The lowest BCUT2D eigenvalue weighted by Crippen LogP contribution is -1.97. The second-order valence-corrected chi connectivity index (χ2v) is 6.51. The third kappa shape index (κ3) is 2.92. The van der Waals surface area contributed by atoms with E-state index in [1.165, 1.54) is 22.2 Å². The Morgan fingerprint density at radius 1 is 0.857 bits per heavy atom. The van der Waals surface area contributed by atoms with Crippen molar-refractivity contribution >= 4 is 17.0 Å². The molecule has 0 radical (unpaired) electrons. The Hall–Kier alpha value is -2.28. The summed E-state index contributed by atoms with van der Waals surface area (Å²) in [4.78, 5) is 0. The van der Waals surface area contributed by atoms with E-state index >= 15 is 0 Å². The zero-order chi connectivity index (χ0) is 14.9. The van der Waals surface area contributed by atoms with Crippen LogP contribution in [0.5, 0.6) is 0 Å². The molecular formula is C20H21N. The predicted molar refractivity (Wildman–Crippen MR) is 91.8 cm³/mol. The Kier molecular flexibility index (Phi) is 3.42. The van der Waals surface area contributed by atoms with Gasteiger partial charge < -0.3 is 4.57 Å². The Bertz CT molecular complexity index is 770. The first-order valence-electron chi connectivity index (χ1n) is 7.39. The Balaban J connectivity index is 2.17. The summed E-state index contributed by atoms with van der Waals surface area (Å²) in [6.45, 7) is 6.67. The summed E-state index contributed by atoms with van der Waals surface area (Å²) in [5.74, 6) is 0. The third-order valence-electron chi connectivity index (χ3n) is 3.54. The van der Waals surface area contributed by atoms with Crippen molar-refractivity contribution in [3.05, 3.63) is 72.4 Å². The molecule has 3 rings (SSSR count). The standard InChI is InChI=1S/C20H21N/c1-20(2,3)14-13-16-15-21(17-9-5-4-6-10-17)19-12-8-7-11-18(16)19/h4-15H,1-3H3/b14-13+. The SMILES string of the molecule is CC(C)(C)/C=C/c1cn(-c2ccccc2)c2ccccc12. The van der Waals surface area contributed by atoms with Crippen LogP contribution in [-0.2, 0) is 0 Å². The van der Waals surface area contributed by atoms with Crippen LogP contribution in [0.15, 0.2) is 66.9 Å². The van der Waals surface area contributed by atoms with Crippen LogP contribution in [-0.4, -0.2) is 4.57 Å². The van der Waals surface area contributed by atoms with Crippen LogP contribution in [0.2, 0.25) is 0 Å². The molecule has 1 aromatic heterocycles. The molecule has 106 valence electrons. The van der Waals surface area contributed by atoms with E-state index in [9.17, 15) is 0 Å². The molecule has 0 bridgehead atoms. The van der Waals surface area contributed by atoms with Gasteiger partial charge in [-0.2, -0.15) is 0 Å². The smallest absolute Gasteiger partial charge is 0.0534 e. The first-order valence-corrected chi connectivity index (χ1v) is 7.39. The lowest BCUT2D eigenvalue weighted by atomic mass is 9.95. The van der Waals surface area contributed by atoms with Crippen molar-refractivity contribution in [1.29, 1.82) is 0 Å². The molecule has 1 heterocycles. The molecule has 0 saturated carbocycles. The maximum atomic E-state index is 2.27. The topological polar surface area (TPSA) is 4.93 Å². The molecule has 0 fully saturated rings. The fourth-order valence-corrected chi connectivity index (χ4v) is 2.48. The van der Waals surface area contributed by atoms with E-state index < -0.39 is 0 Å². The first kappa shape index (κ1) is 13.7. The van der Waals surface area contributed by atoms with Gasteiger partial charge in [-0.1, -0.05) is 69.3 Å². The van der Waals surface area contributed by atoms with Crippen LogP contribution in [0.25, 0.3) is 22.7 Å². The van der Waals surface area contributed by atoms with Gasteiger partial charge in [-0.25, -0.2) is 0 Å². The van der Waals surface area contributed by atoms with Gasteiger partial charge in [-0.15, -0.1) is 0 Å². The molecule has 21 heavy (non-hydrogen) atoms. The van der Waals surface area contributed by atoms with Gasteiger partial charge in [-0.05, 0) is 23.6 Å². The van der Waals surface area contributed by atoms with Gasteiger partial charge in [-0.3, -0.25) is 0 Å². The number of para-hydroxylation sites is 2. The zero-order valence-corrected chi connectivity index (χ0v) is 12.9. The van der Waals surface area contributed by atoms with Gasteiger partial charge in [0.2, 0.25) is 0 Å². The van der Waals surface area contributed by atoms with Crippen LogP contribution in [0.3, 0.4) is 0 Å². The highest BCUT2D eigenvalue weighted by molar-refractivity contribution is 5.90. The van der Waals surface area contributed by atoms with Crippen LogP contribution >= 0.6 is 0 Å². The van der Waals surface area contributed by atoms with E-state index in [1.807, 2.05) is 0 Å². The second-order valence-electron chi connectivity index (χ2n) is 6.51. The number of rotatable bonds is 2. The van der Waals surface area contributed by atoms with E-state index in [0.29, 0.717) is 0 Å². The maximum Gasteiger partial charge on any atom is 0.0534 e. The van der Waals surface area contributed by atoms with Crippen LogP contribution < -0.4 is 0 Å². The Morgan fingerprint density at radius 2 is 1.52 bits per heavy atom. The number of fused-ring (bicyclic) bond motifs is 1. The normalized spacial score (nSPS) is 12.3. The first-order chi connectivity index (χ1) is 10.0. The van der Waals surface area contributed by atoms with E-state index in [1.54, 1.807) is 0 Å². The molecule has 0 amide bonds. The molecule has 0 aliphatic carbocycles. The molecule has 0 saturated heterocycles. The van der Waals surface area contributed by atoms with E-state index in [-0.39, 0.29) is 5.41 Å². The predicted octanol–water partition coefficient (Wildman–Crippen LogP) is 5.69. The quantitative estimate of drug-likeness (QED) is 0.566. The van der Waals surface area contributed by atoms with Gasteiger partial charge in [0, 0.05) is 22.8 Å². The molecule has 0 aliphatic heterocycles. The van der Waals surface area contributed by atoms with Crippen molar-refractivity contribution < 1.29 is 0 Å². The molecule has 3 aromatic rings. The Labute approximate surface area is 126 Å². The number of nitrogens with zero attached hydrogens (tertiary/aromatic N) is 1. The average molecular weight is 275 g/mol. The van der Waals surface area contributed by atoms with Crippen molar-refractivity contribution in [3.63, 3.8) is 0 Å². The number of benzene rings is 2. The van der Waals surface area contributed by atoms with Crippen LogP contribution in [0.1, 0.15) is 26.3 Å². The Morgan fingerprint density at radius 3 is 2.24 bits per heavy atom. The molecular weight excluding hydrogens is 254 g/mol. The summed E-state index contributed by atoms with van der Waals surface area (Å²) in [6, 6.07) is 19.1. The minimum absolute atomic E-state index is 0.190. The summed E-state index contributed by atoms with van der Waals surface area (Å²) >= 11 is 0. The average Bonchev–Trinajstić information content (AvgIpc) is 2.84. The lowest BCUT2D eigenvalue weighted by molar-refractivity contribution is 0.547. The van der Waals surface area contributed by atoms with Crippen molar-refractivity contribution in [2.24, 2.45) is 5.41 Å². The monoisotopic (exact) mass is 275 g/mol. The van der Waals surface area contributed by atoms with E-state index in [4.69, 9.17) is 0 Å². The minimum atomic E-state index is 0.190. The molecule has 0 atom stereocenters. The largest absolute Gasteiger partial charge is 0.316 e. The molecule has 1 nitrogen and oxygen atoms in total. The van der Waals surface area contributed by atoms with Crippen molar-refractivity contribution in [3.8, 4) is 5.69 Å². The highest BCUT2D eigenvalue weighted by Gasteiger charge is 2.09. The third-order valence-corrected chi connectivity index (χ3v) is 3.54. The highest BCUT2D eigenvalue weighted by atomic mass is 15.0. The van der Waals surface area contributed by atoms with Gasteiger partial charge in [0.25, 0.3) is 0 Å². The van der Waals surface area contributed by atoms with E-state index in [0.717, 1.165) is 0 Å². The van der Waals surface area contributed by atoms with Crippen LogP contribution in [0, 0.1) is 5.41 Å². The summed E-state index contributed by atoms with van der Waals surface area (Å²) < 4.78 is 2.26. The number of hydrogen-bond donors (Lipinski definition) is 0. The fraction of sp³-hybridized carbons (Fsp3) is 0.200. The van der Waals surface area contributed by atoms with Crippen LogP contribution in [0.4, 0.5) is 0 Å². The number of hydrogen-bond acceptors (Lipinski definition) is 0. The van der Waals surface area contributed by atoms with Crippen molar-refractivity contribution in [1.82, 2.24) is 4.57 Å². The summed E-state index contributed by atoms with van der Waals surface area (Å²) in [5, 5.41) is 1.29. The van der Waals surface area contributed by atoms with Gasteiger partial charge >= 0.3 is 0 Å². The van der Waals surface area contributed by atoms with Gasteiger partial charge in [0.1, 0.15) is 0 Å². The van der Waals surface area contributed by atoms with Gasteiger partial charge in [0.05, 0.1) is 5.52 Å². The van der Waals surface area contributed by atoms with Crippen molar-refractivity contribution in [2.45, 2.75) is 20.8 Å². The molecule has 0 N–H and O–H groups in total. The molecule has 2 aromatic carbocycles. The summed E-state index contributed by atoms with van der Waals surface area (Å²) in [5.41, 5.74) is 3.90. The lowest BCUT2D eigenvalue weighted by Gasteiger charge is -2.10. The summed E-state index contributed by atoms with van der Waals surface area (Å²) in [6.07, 6.45) is 6.73. The number of allylic oxidation sites excluding steroid dienone is 1. The molecule has 0 spiro atoms. The number of aromatic nitrogens is 1. The van der Waals surface area contributed by atoms with Gasteiger partial charge in [0.15, 0.2) is 0 Å². The maximum absolute atomic E-state index is 2.27. The molecule has 0 aliphatic rings. The fourth-order valence-electron chi connectivity index (χ4n) is 2.48.